The average molecular weight is 462 g/mol. The van der Waals surface area contributed by atoms with Crippen molar-refractivity contribution in [2.24, 2.45) is 4.99 Å². The van der Waals surface area contributed by atoms with Crippen LogP contribution < -0.4 is 9.47 Å². The van der Waals surface area contributed by atoms with Crippen molar-refractivity contribution in [2.45, 2.75) is 13.5 Å². The molecule has 3 aromatic rings. The maximum atomic E-state index is 13.9. The van der Waals surface area contributed by atoms with Gasteiger partial charge in [-0.15, -0.1) is 0 Å². The number of benzene rings is 3. The Morgan fingerprint density at radius 2 is 1.82 bits per heavy atom. The Kier molecular flexibility index (Phi) is 6.63. The van der Waals surface area contributed by atoms with E-state index in [1.165, 1.54) is 36.4 Å². The molecule has 34 heavy (non-hydrogen) atoms. The fourth-order valence-electron chi connectivity index (χ4n) is 3.19. The molecule has 0 amide bonds. The maximum Gasteiger partial charge on any atom is 0.363 e. The number of hydrogen-bond donors (Lipinski definition) is 0. The Morgan fingerprint density at radius 3 is 2.53 bits per heavy atom. The largest absolute Gasteiger partial charge is 0.490 e. The van der Waals surface area contributed by atoms with Gasteiger partial charge in [0.25, 0.3) is 5.69 Å². The minimum atomic E-state index is -0.647. The highest BCUT2D eigenvalue weighted by Crippen LogP contribution is 2.31. The number of rotatable bonds is 8. The topological polar surface area (TPSA) is 100 Å². The second kappa shape index (κ2) is 9.95. The highest BCUT2D eigenvalue weighted by molar-refractivity contribution is 6.12. The van der Waals surface area contributed by atoms with Gasteiger partial charge in [0, 0.05) is 23.3 Å². The number of non-ortho nitro benzene ring substituents is 1. The Labute approximate surface area is 194 Å². The van der Waals surface area contributed by atoms with E-state index in [2.05, 4.69) is 4.99 Å². The number of nitrogens with zero attached hydrogens (tertiary/aromatic N) is 2. The van der Waals surface area contributed by atoms with Gasteiger partial charge < -0.3 is 14.2 Å². The molecule has 0 unspecified atom stereocenters. The smallest absolute Gasteiger partial charge is 0.363 e. The number of esters is 1. The molecule has 172 valence electrons. The zero-order valence-corrected chi connectivity index (χ0v) is 18.1. The van der Waals surface area contributed by atoms with E-state index in [9.17, 15) is 19.3 Å². The van der Waals surface area contributed by atoms with Crippen LogP contribution in [0.4, 0.5) is 10.1 Å². The molecular weight excluding hydrogens is 443 g/mol. The van der Waals surface area contributed by atoms with E-state index in [4.69, 9.17) is 14.2 Å². The first-order chi connectivity index (χ1) is 16.4. The van der Waals surface area contributed by atoms with Crippen molar-refractivity contribution in [3.63, 3.8) is 0 Å². The summed E-state index contributed by atoms with van der Waals surface area (Å²) in [7, 11) is 0. The van der Waals surface area contributed by atoms with Crippen LogP contribution in [0.5, 0.6) is 11.5 Å². The minimum Gasteiger partial charge on any atom is -0.490 e. The van der Waals surface area contributed by atoms with Crippen molar-refractivity contribution in [1.82, 2.24) is 0 Å². The molecule has 3 aromatic carbocycles. The van der Waals surface area contributed by atoms with Crippen LogP contribution in [0.25, 0.3) is 6.08 Å². The summed E-state index contributed by atoms with van der Waals surface area (Å²) in [5.74, 6) is -0.0918. The molecule has 9 heteroatoms. The number of nitro groups is 1. The Bertz CT molecular complexity index is 1300. The van der Waals surface area contributed by atoms with Crippen molar-refractivity contribution < 1.29 is 28.3 Å². The summed E-state index contributed by atoms with van der Waals surface area (Å²) in [4.78, 5) is 26.8. The number of ether oxygens (including phenoxy) is 3. The third kappa shape index (κ3) is 5.09. The van der Waals surface area contributed by atoms with Crippen LogP contribution in [0.1, 0.15) is 23.6 Å². The molecule has 0 bridgehead atoms. The van der Waals surface area contributed by atoms with Crippen molar-refractivity contribution in [1.29, 1.82) is 0 Å². The molecule has 0 aliphatic carbocycles. The van der Waals surface area contributed by atoms with Gasteiger partial charge in [0.05, 0.1) is 11.5 Å². The van der Waals surface area contributed by atoms with Gasteiger partial charge in [-0.25, -0.2) is 14.2 Å². The van der Waals surface area contributed by atoms with Crippen molar-refractivity contribution in [3.8, 4) is 11.5 Å². The number of halogens is 1. The van der Waals surface area contributed by atoms with Gasteiger partial charge in [0.1, 0.15) is 12.4 Å². The van der Waals surface area contributed by atoms with E-state index < -0.39 is 10.9 Å². The van der Waals surface area contributed by atoms with E-state index in [1.807, 2.05) is 6.92 Å². The Morgan fingerprint density at radius 1 is 1.06 bits per heavy atom. The van der Waals surface area contributed by atoms with Gasteiger partial charge in [0.15, 0.2) is 17.2 Å². The van der Waals surface area contributed by atoms with Gasteiger partial charge in [-0.05, 0) is 48.9 Å². The number of cyclic esters (lactones) is 1. The van der Waals surface area contributed by atoms with Gasteiger partial charge in [-0.1, -0.05) is 24.3 Å². The number of aliphatic imine (C=N–C) groups is 1. The maximum absolute atomic E-state index is 13.9. The predicted molar refractivity (Wildman–Crippen MR) is 122 cm³/mol. The first-order valence-corrected chi connectivity index (χ1v) is 10.3. The number of hydrogen-bond acceptors (Lipinski definition) is 7. The quantitative estimate of drug-likeness (QED) is 0.201. The summed E-state index contributed by atoms with van der Waals surface area (Å²) in [6, 6.07) is 16.9. The van der Waals surface area contributed by atoms with Crippen molar-refractivity contribution in [3.05, 3.63) is 105 Å². The second-order valence-electron chi connectivity index (χ2n) is 7.16. The lowest BCUT2D eigenvalue weighted by Gasteiger charge is -2.13. The number of carbonyl (C=O) groups is 1. The van der Waals surface area contributed by atoms with E-state index >= 15 is 0 Å². The highest BCUT2D eigenvalue weighted by Gasteiger charge is 2.24. The standard InChI is InChI=1S/C25H19FN2O6/c1-2-32-23-14-16(7-12-22(23)33-15-18-5-3-4-6-20(18)26)13-21-25(29)34-24(27-21)17-8-10-19(11-9-17)28(30)31/h3-14H,2,15H2,1H3/b21-13-. The zero-order valence-electron chi connectivity index (χ0n) is 18.1. The SMILES string of the molecule is CCOc1cc(/C=C2\N=C(c3ccc([N+](=O)[O-])cc3)OC2=O)ccc1OCc1ccccc1F. The third-order valence-electron chi connectivity index (χ3n) is 4.86. The van der Waals surface area contributed by atoms with Crippen LogP contribution in [0.15, 0.2) is 77.4 Å². The first-order valence-electron chi connectivity index (χ1n) is 10.3. The average Bonchev–Trinajstić information content (AvgIpc) is 3.20. The summed E-state index contributed by atoms with van der Waals surface area (Å²) < 4.78 is 30.5. The van der Waals surface area contributed by atoms with Crippen molar-refractivity contribution in [2.75, 3.05) is 6.61 Å². The normalized spacial score (nSPS) is 14.0. The van der Waals surface area contributed by atoms with Crippen LogP contribution >= 0.6 is 0 Å². The molecule has 1 aliphatic heterocycles. The molecule has 0 fully saturated rings. The molecule has 1 heterocycles. The molecule has 4 rings (SSSR count). The Hall–Kier alpha value is -4.53. The van der Waals surface area contributed by atoms with E-state index in [0.29, 0.717) is 34.8 Å². The van der Waals surface area contributed by atoms with Gasteiger partial charge in [0.2, 0.25) is 5.90 Å². The van der Waals surface area contributed by atoms with Crippen LogP contribution in [0.2, 0.25) is 0 Å². The van der Waals surface area contributed by atoms with Gasteiger partial charge in [-0.3, -0.25) is 10.1 Å². The summed E-state index contributed by atoms with van der Waals surface area (Å²) in [5.41, 5.74) is 1.45. The lowest BCUT2D eigenvalue weighted by atomic mass is 10.1. The van der Waals surface area contributed by atoms with E-state index in [0.717, 1.165) is 0 Å². The highest BCUT2D eigenvalue weighted by atomic mass is 19.1. The third-order valence-corrected chi connectivity index (χ3v) is 4.86. The fourth-order valence-corrected chi connectivity index (χ4v) is 3.19. The number of nitro benzene ring substituents is 1. The molecule has 1 aliphatic rings. The molecule has 0 radical (unpaired) electrons. The number of carbonyl (C=O) groups excluding carboxylic acids is 1. The zero-order chi connectivity index (χ0) is 24.1. The van der Waals surface area contributed by atoms with Crippen molar-refractivity contribution >= 4 is 23.6 Å². The molecule has 0 aromatic heterocycles. The lowest BCUT2D eigenvalue weighted by Crippen LogP contribution is -2.05. The molecule has 0 N–H and O–H groups in total. The fraction of sp³-hybridized carbons (Fsp3) is 0.120. The van der Waals surface area contributed by atoms with E-state index in [1.54, 1.807) is 36.4 Å². The molecule has 0 spiro atoms. The van der Waals surface area contributed by atoms with Crippen LogP contribution in [0.3, 0.4) is 0 Å². The summed E-state index contributed by atoms with van der Waals surface area (Å²) >= 11 is 0. The summed E-state index contributed by atoms with van der Waals surface area (Å²) in [6.45, 7) is 2.23. The predicted octanol–water partition coefficient (Wildman–Crippen LogP) is 5.06. The minimum absolute atomic E-state index is 0.0302. The molecule has 8 nitrogen and oxygen atoms in total. The lowest BCUT2D eigenvalue weighted by molar-refractivity contribution is -0.384. The monoisotopic (exact) mass is 462 g/mol. The van der Waals surface area contributed by atoms with Gasteiger partial charge >= 0.3 is 5.97 Å². The molecule has 0 atom stereocenters. The molecular formula is C25H19FN2O6. The van der Waals surface area contributed by atoms with Crippen LogP contribution in [0, 0.1) is 15.9 Å². The van der Waals surface area contributed by atoms with E-state index in [-0.39, 0.29) is 29.7 Å². The van der Waals surface area contributed by atoms with Crippen LogP contribution in [-0.2, 0) is 16.1 Å². The Balaban J connectivity index is 1.55. The second-order valence-corrected chi connectivity index (χ2v) is 7.16. The summed E-state index contributed by atoms with van der Waals surface area (Å²) in [6.07, 6.45) is 1.53. The molecule has 0 saturated carbocycles. The van der Waals surface area contributed by atoms with Crippen LogP contribution in [-0.4, -0.2) is 23.4 Å². The molecule has 0 saturated heterocycles. The first kappa shape index (κ1) is 22.7. The summed E-state index contributed by atoms with van der Waals surface area (Å²) in [5, 5.41) is 10.8. The van der Waals surface area contributed by atoms with Gasteiger partial charge in [-0.2, -0.15) is 0 Å².